The van der Waals surface area contributed by atoms with Crippen LogP contribution in [0.1, 0.15) is 26.2 Å². The summed E-state index contributed by atoms with van der Waals surface area (Å²) < 4.78 is 5.58. The molecule has 1 saturated heterocycles. The minimum Gasteiger partial charge on any atom is -0.380 e. The van der Waals surface area contributed by atoms with E-state index in [1.807, 2.05) is 0 Å². The molecule has 1 aliphatic heterocycles. The summed E-state index contributed by atoms with van der Waals surface area (Å²) in [5.74, 6) is 0.890. The smallest absolute Gasteiger partial charge is 0.0591 e. The quantitative estimate of drug-likeness (QED) is 0.618. The van der Waals surface area contributed by atoms with Crippen LogP contribution < -0.4 is 10.6 Å². The fourth-order valence-corrected chi connectivity index (χ4v) is 2.09. The van der Waals surface area contributed by atoms with Crippen molar-refractivity contribution in [2.24, 2.45) is 11.3 Å². The molecular weight excluding hydrogens is 188 g/mol. The lowest BCUT2D eigenvalue weighted by Crippen LogP contribution is -2.35. The van der Waals surface area contributed by atoms with E-state index in [2.05, 4.69) is 17.6 Å². The molecule has 0 aromatic heterocycles. The van der Waals surface area contributed by atoms with Gasteiger partial charge in [0.1, 0.15) is 0 Å². The van der Waals surface area contributed by atoms with Crippen LogP contribution >= 0.6 is 0 Å². The molecule has 1 aliphatic carbocycles. The van der Waals surface area contributed by atoms with Gasteiger partial charge in [0, 0.05) is 26.2 Å². The third-order valence-electron chi connectivity index (χ3n) is 3.48. The van der Waals surface area contributed by atoms with Gasteiger partial charge in [-0.05, 0) is 37.1 Å². The Morgan fingerprint density at radius 2 is 2.33 bits per heavy atom. The Bertz CT molecular complexity index is 186. The number of rotatable bonds is 7. The van der Waals surface area contributed by atoms with Crippen LogP contribution in [-0.2, 0) is 4.74 Å². The predicted octanol–water partition coefficient (Wildman–Crippen LogP) is 1.00. The molecule has 0 aromatic rings. The first-order chi connectivity index (χ1) is 7.29. The first kappa shape index (κ1) is 11.4. The molecule has 0 bridgehead atoms. The van der Waals surface area contributed by atoms with E-state index in [0.29, 0.717) is 5.41 Å². The summed E-state index contributed by atoms with van der Waals surface area (Å²) in [6.07, 6.45) is 4.07. The summed E-state index contributed by atoms with van der Waals surface area (Å²) in [6.45, 7) is 8.67. The maximum absolute atomic E-state index is 5.58. The standard InChI is InChI=1S/C12H24N2O/c1-12(4-5-13-9-12)10-14-6-7-15-8-11-2-3-11/h11,13-14H,2-10H2,1H3. The molecular formula is C12H24N2O. The molecule has 0 radical (unpaired) electrons. The molecule has 15 heavy (non-hydrogen) atoms. The summed E-state index contributed by atoms with van der Waals surface area (Å²) in [7, 11) is 0. The number of ether oxygens (including phenoxy) is 1. The molecule has 3 nitrogen and oxygen atoms in total. The van der Waals surface area contributed by atoms with Crippen LogP contribution in [0.15, 0.2) is 0 Å². The lowest BCUT2D eigenvalue weighted by Gasteiger charge is -2.22. The average molecular weight is 212 g/mol. The minimum absolute atomic E-state index is 0.469. The van der Waals surface area contributed by atoms with Gasteiger partial charge >= 0.3 is 0 Å². The van der Waals surface area contributed by atoms with Gasteiger partial charge < -0.3 is 15.4 Å². The van der Waals surface area contributed by atoms with Crippen LogP contribution in [0.5, 0.6) is 0 Å². The normalized spacial score (nSPS) is 31.0. The maximum atomic E-state index is 5.58. The molecule has 88 valence electrons. The van der Waals surface area contributed by atoms with Crippen LogP contribution in [0.25, 0.3) is 0 Å². The van der Waals surface area contributed by atoms with Crippen molar-refractivity contribution < 1.29 is 4.74 Å². The predicted molar refractivity (Wildman–Crippen MR) is 62.0 cm³/mol. The van der Waals surface area contributed by atoms with Gasteiger partial charge in [-0.15, -0.1) is 0 Å². The van der Waals surface area contributed by atoms with E-state index >= 15 is 0 Å². The van der Waals surface area contributed by atoms with E-state index in [0.717, 1.165) is 38.8 Å². The molecule has 0 amide bonds. The van der Waals surface area contributed by atoms with Crippen molar-refractivity contribution in [2.75, 3.05) is 39.4 Å². The second-order valence-electron chi connectivity index (χ2n) is 5.43. The van der Waals surface area contributed by atoms with Gasteiger partial charge in [0.05, 0.1) is 6.61 Å². The van der Waals surface area contributed by atoms with Crippen LogP contribution in [0.2, 0.25) is 0 Å². The molecule has 2 rings (SSSR count). The molecule has 2 N–H and O–H groups in total. The second kappa shape index (κ2) is 5.28. The highest BCUT2D eigenvalue weighted by Gasteiger charge is 2.27. The van der Waals surface area contributed by atoms with E-state index in [4.69, 9.17) is 4.74 Å². The zero-order valence-corrected chi connectivity index (χ0v) is 9.85. The van der Waals surface area contributed by atoms with Crippen molar-refractivity contribution in [3.8, 4) is 0 Å². The summed E-state index contributed by atoms with van der Waals surface area (Å²) in [6, 6.07) is 0. The van der Waals surface area contributed by atoms with Gasteiger partial charge in [-0.1, -0.05) is 6.92 Å². The molecule has 3 heteroatoms. The zero-order chi connectivity index (χ0) is 10.6. The lowest BCUT2D eigenvalue weighted by molar-refractivity contribution is 0.124. The molecule has 1 heterocycles. The molecule has 1 unspecified atom stereocenters. The van der Waals surface area contributed by atoms with E-state index < -0.39 is 0 Å². The van der Waals surface area contributed by atoms with Gasteiger partial charge in [0.15, 0.2) is 0 Å². The summed E-state index contributed by atoms with van der Waals surface area (Å²) in [5.41, 5.74) is 0.469. The third kappa shape index (κ3) is 4.09. The van der Waals surface area contributed by atoms with Crippen molar-refractivity contribution >= 4 is 0 Å². The Labute approximate surface area is 93.0 Å². The maximum Gasteiger partial charge on any atom is 0.0591 e. The van der Waals surface area contributed by atoms with Gasteiger partial charge in [0.25, 0.3) is 0 Å². The SMILES string of the molecule is CC1(CNCCOCC2CC2)CCNC1. The largest absolute Gasteiger partial charge is 0.380 e. The molecule has 2 fully saturated rings. The van der Waals surface area contributed by atoms with Crippen LogP contribution in [0, 0.1) is 11.3 Å². The van der Waals surface area contributed by atoms with Crippen LogP contribution in [-0.4, -0.2) is 39.4 Å². The highest BCUT2D eigenvalue weighted by Crippen LogP contribution is 2.28. The molecule has 0 spiro atoms. The minimum atomic E-state index is 0.469. The summed E-state index contributed by atoms with van der Waals surface area (Å²) in [4.78, 5) is 0. The van der Waals surface area contributed by atoms with E-state index in [-0.39, 0.29) is 0 Å². The average Bonchev–Trinajstić information content (AvgIpc) is 2.95. The Kier molecular flexibility index (Phi) is 4.00. The Balaban J connectivity index is 1.43. The summed E-state index contributed by atoms with van der Waals surface area (Å²) >= 11 is 0. The topological polar surface area (TPSA) is 33.3 Å². The number of nitrogens with one attached hydrogen (secondary N) is 2. The van der Waals surface area contributed by atoms with Crippen LogP contribution in [0.3, 0.4) is 0 Å². The monoisotopic (exact) mass is 212 g/mol. The molecule has 1 atom stereocenters. The van der Waals surface area contributed by atoms with E-state index in [1.54, 1.807) is 0 Å². The zero-order valence-electron chi connectivity index (χ0n) is 9.85. The van der Waals surface area contributed by atoms with E-state index in [9.17, 15) is 0 Å². The number of hydrogen-bond acceptors (Lipinski definition) is 3. The van der Waals surface area contributed by atoms with Crippen molar-refractivity contribution in [2.45, 2.75) is 26.2 Å². The van der Waals surface area contributed by atoms with Crippen LogP contribution in [0.4, 0.5) is 0 Å². The Morgan fingerprint density at radius 1 is 1.47 bits per heavy atom. The van der Waals surface area contributed by atoms with Gasteiger partial charge in [0.2, 0.25) is 0 Å². The summed E-state index contributed by atoms with van der Waals surface area (Å²) in [5, 5.41) is 6.91. The van der Waals surface area contributed by atoms with Gasteiger partial charge in [-0.2, -0.15) is 0 Å². The Morgan fingerprint density at radius 3 is 3.00 bits per heavy atom. The van der Waals surface area contributed by atoms with Gasteiger partial charge in [-0.25, -0.2) is 0 Å². The lowest BCUT2D eigenvalue weighted by atomic mass is 9.90. The van der Waals surface area contributed by atoms with Crippen molar-refractivity contribution in [3.63, 3.8) is 0 Å². The highest BCUT2D eigenvalue weighted by atomic mass is 16.5. The Hall–Kier alpha value is -0.120. The fraction of sp³-hybridized carbons (Fsp3) is 1.00. The molecule has 0 aromatic carbocycles. The van der Waals surface area contributed by atoms with Crippen molar-refractivity contribution in [3.05, 3.63) is 0 Å². The van der Waals surface area contributed by atoms with Crippen molar-refractivity contribution in [1.82, 2.24) is 10.6 Å². The third-order valence-corrected chi connectivity index (χ3v) is 3.48. The molecule has 2 aliphatic rings. The van der Waals surface area contributed by atoms with Gasteiger partial charge in [-0.3, -0.25) is 0 Å². The fourth-order valence-electron chi connectivity index (χ4n) is 2.09. The van der Waals surface area contributed by atoms with E-state index in [1.165, 1.54) is 25.8 Å². The number of hydrogen-bond donors (Lipinski definition) is 2. The molecule has 1 saturated carbocycles. The first-order valence-corrected chi connectivity index (χ1v) is 6.28. The highest BCUT2D eigenvalue weighted by molar-refractivity contribution is 4.85. The second-order valence-corrected chi connectivity index (χ2v) is 5.43. The first-order valence-electron chi connectivity index (χ1n) is 6.28. The van der Waals surface area contributed by atoms with Crippen molar-refractivity contribution in [1.29, 1.82) is 0 Å².